The number of amides is 3. The van der Waals surface area contributed by atoms with Crippen LogP contribution < -0.4 is 15.0 Å². The number of carbonyl (C=O) groups is 3. The number of anilines is 1. The molecule has 2 atom stereocenters. The summed E-state index contributed by atoms with van der Waals surface area (Å²) in [6, 6.07) is 15.2. The van der Waals surface area contributed by atoms with Gasteiger partial charge in [-0.15, -0.1) is 0 Å². The number of aromatic nitrogens is 1. The molecule has 1 aromatic heterocycles. The number of likely N-dealkylation sites (tertiary alicyclic amines) is 1. The third-order valence-corrected chi connectivity index (χ3v) is 10.4. The van der Waals surface area contributed by atoms with Gasteiger partial charge in [-0.3, -0.25) is 24.6 Å². The highest BCUT2D eigenvalue weighted by atomic mass is 32.2. The largest absolute Gasteiger partial charge is 0.489 e. The summed E-state index contributed by atoms with van der Waals surface area (Å²) in [4.78, 5) is 47.6. The number of ether oxygens (including phenoxy) is 1. The van der Waals surface area contributed by atoms with E-state index in [9.17, 15) is 22.8 Å². The summed E-state index contributed by atoms with van der Waals surface area (Å²) >= 11 is 0. The number of rotatable bonds is 6. The maximum absolute atomic E-state index is 13.0. The van der Waals surface area contributed by atoms with E-state index in [1.807, 2.05) is 29.2 Å². The summed E-state index contributed by atoms with van der Waals surface area (Å²) in [5, 5.41) is 3.39. The van der Waals surface area contributed by atoms with E-state index in [0.29, 0.717) is 37.4 Å². The average Bonchev–Trinajstić information content (AvgIpc) is 3.55. The molecule has 3 aromatic rings. The molecule has 5 heterocycles. The van der Waals surface area contributed by atoms with Gasteiger partial charge >= 0.3 is 0 Å². The van der Waals surface area contributed by atoms with Gasteiger partial charge in [-0.05, 0) is 66.4 Å². The van der Waals surface area contributed by atoms with Gasteiger partial charge in [0, 0.05) is 56.6 Å². The topological polar surface area (TPSA) is 129 Å². The zero-order chi connectivity index (χ0) is 29.7. The van der Waals surface area contributed by atoms with Crippen LogP contribution in [-0.4, -0.2) is 90.8 Å². The quantitative estimate of drug-likeness (QED) is 0.420. The fourth-order valence-electron chi connectivity index (χ4n) is 6.49. The maximum Gasteiger partial charge on any atom is 0.255 e. The molecule has 3 saturated heterocycles. The third-order valence-electron chi connectivity index (χ3n) is 8.84. The van der Waals surface area contributed by atoms with Crippen molar-refractivity contribution in [1.82, 2.24) is 20.1 Å². The molecule has 12 heteroatoms. The second-order valence-corrected chi connectivity index (χ2v) is 14.1. The number of pyridine rings is 1. The molecule has 1 N–H and O–H groups in total. The van der Waals surface area contributed by atoms with E-state index >= 15 is 0 Å². The number of imide groups is 1. The lowest BCUT2D eigenvalue weighted by atomic mass is 10.0. The number of benzene rings is 2. The summed E-state index contributed by atoms with van der Waals surface area (Å²) in [5.41, 5.74) is 3.49. The SMILES string of the molecule is O=C1CCC(N2Cc3cc(O[C@H]4CCN(Cc5ccc6nc(N7CCS(=O)(=O)CC7)ccc6c5)C4)ccc3C2=O)C(=O)N1. The van der Waals surface area contributed by atoms with Crippen molar-refractivity contribution < 1.29 is 27.5 Å². The van der Waals surface area contributed by atoms with E-state index in [4.69, 9.17) is 9.72 Å². The van der Waals surface area contributed by atoms with E-state index in [2.05, 4.69) is 28.4 Å². The molecule has 7 rings (SSSR count). The van der Waals surface area contributed by atoms with Crippen molar-refractivity contribution in [3.05, 3.63) is 65.2 Å². The first-order valence-electron chi connectivity index (χ1n) is 14.7. The summed E-state index contributed by atoms with van der Waals surface area (Å²) in [6.07, 6.45) is 1.49. The first-order chi connectivity index (χ1) is 20.7. The van der Waals surface area contributed by atoms with Gasteiger partial charge < -0.3 is 14.5 Å². The summed E-state index contributed by atoms with van der Waals surface area (Å²) in [5.74, 6) is 0.963. The van der Waals surface area contributed by atoms with Gasteiger partial charge in [-0.1, -0.05) is 6.07 Å². The number of sulfone groups is 1. The number of hydrogen-bond acceptors (Lipinski definition) is 9. The minimum absolute atomic E-state index is 0.0273. The number of nitrogens with one attached hydrogen (secondary N) is 1. The van der Waals surface area contributed by atoms with Crippen LogP contribution in [-0.2, 0) is 32.5 Å². The van der Waals surface area contributed by atoms with Crippen LogP contribution in [0.25, 0.3) is 10.9 Å². The fraction of sp³-hybridized carbons (Fsp3) is 0.419. The highest BCUT2D eigenvalue weighted by molar-refractivity contribution is 7.91. The predicted molar refractivity (Wildman–Crippen MR) is 159 cm³/mol. The Kier molecular flexibility index (Phi) is 7.05. The van der Waals surface area contributed by atoms with E-state index in [0.717, 1.165) is 48.3 Å². The minimum Gasteiger partial charge on any atom is -0.489 e. The van der Waals surface area contributed by atoms with Gasteiger partial charge in [0.25, 0.3) is 5.91 Å². The van der Waals surface area contributed by atoms with Crippen molar-refractivity contribution in [3.8, 4) is 5.75 Å². The molecule has 224 valence electrons. The number of piperidine rings is 1. The summed E-state index contributed by atoms with van der Waals surface area (Å²) in [6.45, 7) is 3.76. The molecule has 2 aromatic carbocycles. The minimum atomic E-state index is -2.94. The highest BCUT2D eigenvalue weighted by Crippen LogP contribution is 2.31. The van der Waals surface area contributed by atoms with E-state index in [1.54, 1.807) is 11.0 Å². The van der Waals surface area contributed by atoms with Crippen LogP contribution in [0.4, 0.5) is 5.82 Å². The van der Waals surface area contributed by atoms with Gasteiger partial charge in [0.05, 0.1) is 17.0 Å². The Morgan fingerprint density at radius 3 is 2.60 bits per heavy atom. The molecule has 0 aliphatic carbocycles. The van der Waals surface area contributed by atoms with Crippen LogP contribution >= 0.6 is 0 Å². The molecular formula is C31H33N5O6S. The second-order valence-electron chi connectivity index (χ2n) is 11.8. The smallest absolute Gasteiger partial charge is 0.255 e. The lowest BCUT2D eigenvalue weighted by molar-refractivity contribution is -0.136. The molecule has 4 aliphatic heterocycles. The molecule has 1 unspecified atom stereocenters. The Morgan fingerprint density at radius 2 is 1.79 bits per heavy atom. The number of nitrogens with zero attached hydrogens (tertiary/aromatic N) is 4. The Hall–Kier alpha value is -4.03. The van der Waals surface area contributed by atoms with Gasteiger partial charge in [0.2, 0.25) is 11.8 Å². The number of fused-ring (bicyclic) bond motifs is 2. The van der Waals surface area contributed by atoms with Gasteiger partial charge in [0.15, 0.2) is 9.84 Å². The first-order valence-corrected chi connectivity index (χ1v) is 16.5. The van der Waals surface area contributed by atoms with E-state index in [1.165, 1.54) is 5.56 Å². The summed E-state index contributed by atoms with van der Waals surface area (Å²) in [7, 11) is -2.94. The lowest BCUT2D eigenvalue weighted by Gasteiger charge is -2.29. The van der Waals surface area contributed by atoms with Crippen LogP contribution in [0.2, 0.25) is 0 Å². The maximum atomic E-state index is 13.0. The molecular weight excluding hydrogens is 570 g/mol. The zero-order valence-corrected chi connectivity index (χ0v) is 24.5. The van der Waals surface area contributed by atoms with Crippen molar-refractivity contribution >= 4 is 44.3 Å². The van der Waals surface area contributed by atoms with Crippen molar-refractivity contribution in [2.75, 3.05) is 42.6 Å². The predicted octanol–water partition coefficient (Wildman–Crippen LogP) is 1.88. The standard InChI is InChI=1S/C31H33N5O6S/c37-29-8-6-27(30(38)33-29)36-18-22-16-23(3-4-25(22)31(36)39)42-24-9-10-34(19-24)17-20-1-5-26-21(15-20)2-7-28(32-26)35-11-13-43(40,41)14-12-35/h1-5,7,15-16,24,27H,6,8-14,17-19H2,(H,33,37,38)/t24-,27?/m0/s1. The normalized spacial score (nSPS) is 24.0. The van der Waals surface area contributed by atoms with Gasteiger partial charge in [-0.25, -0.2) is 13.4 Å². The average molecular weight is 604 g/mol. The third kappa shape index (κ3) is 5.68. The number of hydrogen-bond donors (Lipinski definition) is 1. The molecule has 0 spiro atoms. The molecule has 11 nitrogen and oxygen atoms in total. The Bertz CT molecular complexity index is 1730. The summed E-state index contributed by atoms with van der Waals surface area (Å²) < 4.78 is 29.9. The van der Waals surface area contributed by atoms with Crippen molar-refractivity contribution in [2.24, 2.45) is 0 Å². The highest BCUT2D eigenvalue weighted by Gasteiger charge is 2.39. The molecule has 0 saturated carbocycles. The van der Waals surface area contributed by atoms with Gasteiger partial charge in [0.1, 0.15) is 23.7 Å². The van der Waals surface area contributed by atoms with Crippen LogP contribution in [0.15, 0.2) is 48.5 Å². The Morgan fingerprint density at radius 1 is 0.953 bits per heavy atom. The van der Waals surface area contributed by atoms with Crippen molar-refractivity contribution in [2.45, 2.75) is 44.5 Å². The molecule has 0 bridgehead atoms. The molecule has 3 fully saturated rings. The van der Waals surface area contributed by atoms with E-state index in [-0.39, 0.29) is 35.8 Å². The molecule has 0 radical (unpaired) electrons. The first kappa shape index (κ1) is 27.8. The van der Waals surface area contributed by atoms with Crippen molar-refractivity contribution in [3.63, 3.8) is 0 Å². The van der Waals surface area contributed by atoms with Crippen LogP contribution in [0, 0.1) is 0 Å². The lowest BCUT2D eigenvalue weighted by Crippen LogP contribution is -2.52. The van der Waals surface area contributed by atoms with Crippen LogP contribution in [0.1, 0.15) is 40.7 Å². The molecule has 4 aliphatic rings. The monoisotopic (exact) mass is 603 g/mol. The zero-order valence-electron chi connectivity index (χ0n) is 23.7. The van der Waals surface area contributed by atoms with Gasteiger partial charge in [-0.2, -0.15) is 0 Å². The van der Waals surface area contributed by atoms with Crippen LogP contribution in [0.5, 0.6) is 5.75 Å². The second kappa shape index (κ2) is 10.9. The van der Waals surface area contributed by atoms with Crippen LogP contribution in [0.3, 0.4) is 0 Å². The molecule has 3 amide bonds. The Balaban J connectivity index is 0.953. The number of carbonyl (C=O) groups excluding carboxylic acids is 3. The van der Waals surface area contributed by atoms with Crippen molar-refractivity contribution in [1.29, 1.82) is 0 Å². The van der Waals surface area contributed by atoms with E-state index < -0.39 is 21.8 Å². The molecule has 43 heavy (non-hydrogen) atoms. The fourth-order valence-corrected chi connectivity index (χ4v) is 7.69. The Labute approximate surface area is 249 Å².